The highest BCUT2D eigenvalue weighted by Crippen LogP contribution is 2.28. The number of imidazole rings is 1. The van der Waals surface area contributed by atoms with Crippen molar-refractivity contribution in [2.45, 2.75) is 32.2 Å². The highest BCUT2D eigenvalue weighted by atomic mass is 16.5. The van der Waals surface area contributed by atoms with Crippen molar-refractivity contribution in [3.8, 4) is 0 Å². The van der Waals surface area contributed by atoms with Crippen LogP contribution >= 0.6 is 0 Å². The van der Waals surface area contributed by atoms with Crippen LogP contribution in [-0.2, 0) is 11.2 Å². The molecule has 1 saturated heterocycles. The Labute approximate surface area is 117 Å². The Morgan fingerprint density at radius 3 is 3.05 bits per heavy atom. The molecule has 1 aromatic carbocycles. The van der Waals surface area contributed by atoms with Crippen LogP contribution in [0.1, 0.15) is 42.0 Å². The summed E-state index contributed by atoms with van der Waals surface area (Å²) in [6, 6.07) is 5.40. The van der Waals surface area contributed by atoms with Crippen molar-refractivity contribution < 1.29 is 14.6 Å². The lowest BCUT2D eigenvalue weighted by Crippen LogP contribution is -2.12. The van der Waals surface area contributed by atoms with Gasteiger partial charge in [-0.1, -0.05) is 6.92 Å². The van der Waals surface area contributed by atoms with Crippen LogP contribution in [0.5, 0.6) is 0 Å². The van der Waals surface area contributed by atoms with E-state index in [1.54, 1.807) is 18.2 Å². The molecule has 5 nitrogen and oxygen atoms in total. The molecule has 0 spiro atoms. The fourth-order valence-electron chi connectivity index (χ4n) is 2.81. The average Bonchev–Trinajstić information content (AvgIpc) is 3.04. The Morgan fingerprint density at radius 1 is 1.55 bits per heavy atom. The second-order valence-electron chi connectivity index (χ2n) is 5.17. The van der Waals surface area contributed by atoms with Crippen LogP contribution in [0.25, 0.3) is 11.0 Å². The molecule has 1 aliphatic heterocycles. The van der Waals surface area contributed by atoms with E-state index in [9.17, 15) is 4.79 Å². The van der Waals surface area contributed by atoms with Crippen LogP contribution in [0.15, 0.2) is 18.2 Å². The van der Waals surface area contributed by atoms with Crippen molar-refractivity contribution in [1.82, 2.24) is 9.55 Å². The molecule has 2 aromatic rings. The fourth-order valence-corrected chi connectivity index (χ4v) is 2.81. The molecule has 1 aliphatic rings. The normalized spacial score (nSPS) is 18.8. The van der Waals surface area contributed by atoms with Crippen LogP contribution in [-0.4, -0.2) is 33.8 Å². The van der Waals surface area contributed by atoms with Gasteiger partial charge in [0.05, 0.1) is 29.2 Å². The number of ether oxygens (including phenoxy) is 1. The Hall–Kier alpha value is -1.88. The number of aromatic nitrogens is 2. The minimum Gasteiger partial charge on any atom is -0.478 e. The number of hydrogen-bond donors (Lipinski definition) is 1. The fraction of sp³-hybridized carbons (Fsp3) is 0.467. The highest BCUT2D eigenvalue weighted by molar-refractivity contribution is 5.92. The molecule has 1 atom stereocenters. The number of carboxylic acids is 1. The van der Waals surface area contributed by atoms with E-state index in [0.717, 1.165) is 42.7 Å². The lowest BCUT2D eigenvalue weighted by atomic mass is 10.2. The topological polar surface area (TPSA) is 64.3 Å². The Morgan fingerprint density at radius 2 is 2.40 bits per heavy atom. The first-order valence-corrected chi connectivity index (χ1v) is 7.02. The summed E-state index contributed by atoms with van der Waals surface area (Å²) in [5.74, 6) is 0.125. The lowest BCUT2D eigenvalue weighted by Gasteiger charge is -2.15. The van der Waals surface area contributed by atoms with Gasteiger partial charge in [0.15, 0.2) is 0 Å². The molecular weight excluding hydrogens is 256 g/mol. The molecule has 3 rings (SSSR count). The number of carboxylic acid groups (broad SMARTS) is 1. The van der Waals surface area contributed by atoms with Crippen LogP contribution < -0.4 is 0 Å². The molecule has 0 amide bonds. The summed E-state index contributed by atoms with van der Waals surface area (Å²) in [5.41, 5.74) is 2.08. The van der Waals surface area contributed by atoms with E-state index in [2.05, 4.69) is 16.5 Å². The maximum atomic E-state index is 11.2. The van der Waals surface area contributed by atoms with E-state index in [1.165, 1.54) is 0 Å². The van der Waals surface area contributed by atoms with Gasteiger partial charge in [0.25, 0.3) is 0 Å². The number of aromatic carboxylic acids is 1. The van der Waals surface area contributed by atoms with E-state index in [0.29, 0.717) is 12.2 Å². The summed E-state index contributed by atoms with van der Waals surface area (Å²) < 4.78 is 7.65. The molecule has 0 aliphatic carbocycles. The van der Waals surface area contributed by atoms with Crippen molar-refractivity contribution >= 4 is 17.0 Å². The van der Waals surface area contributed by atoms with Crippen molar-refractivity contribution in [3.63, 3.8) is 0 Å². The first-order valence-electron chi connectivity index (χ1n) is 7.02. The second kappa shape index (κ2) is 5.25. The average molecular weight is 274 g/mol. The highest BCUT2D eigenvalue weighted by Gasteiger charge is 2.23. The predicted molar refractivity (Wildman–Crippen MR) is 75.2 cm³/mol. The molecule has 0 radical (unpaired) electrons. The predicted octanol–water partition coefficient (Wildman–Crippen LogP) is 2.65. The molecule has 1 N–H and O–H groups in total. The summed E-state index contributed by atoms with van der Waals surface area (Å²) in [7, 11) is 0. The lowest BCUT2D eigenvalue weighted by molar-refractivity contribution is 0.0697. The van der Waals surface area contributed by atoms with E-state index >= 15 is 0 Å². The molecule has 1 fully saturated rings. The number of fused-ring (bicyclic) bond motifs is 1. The molecule has 2 heterocycles. The number of aryl methyl sites for hydroxylation is 1. The van der Waals surface area contributed by atoms with Gasteiger partial charge in [0.1, 0.15) is 5.82 Å². The standard InChI is InChI=1S/C15H18N2O3/c1-2-3-14-16-12-5-4-10(15(18)19)8-13(12)17(14)11-6-7-20-9-11/h4-5,8,11H,2-3,6-7,9H2,1H3,(H,18,19). The van der Waals surface area contributed by atoms with Gasteiger partial charge in [-0.05, 0) is 31.0 Å². The molecule has 1 unspecified atom stereocenters. The van der Waals surface area contributed by atoms with E-state index < -0.39 is 5.97 Å². The van der Waals surface area contributed by atoms with E-state index in [1.807, 2.05) is 0 Å². The first kappa shape index (κ1) is 13.1. The third-order valence-electron chi connectivity index (χ3n) is 3.75. The minimum absolute atomic E-state index is 0.269. The van der Waals surface area contributed by atoms with Gasteiger partial charge in [-0.3, -0.25) is 0 Å². The van der Waals surface area contributed by atoms with Crippen LogP contribution in [0, 0.1) is 0 Å². The first-order chi connectivity index (χ1) is 9.70. The number of rotatable bonds is 4. The quantitative estimate of drug-likeness (QED) is 0.931. The number of carbonyl (C=O) groups is 1. The maximum absolute atomic E-state index is 11.2. The Kier molecular flexibility index (Phi) is 3.44. The van der Waals surface area contributed by atoms with Gasteiger partial charge in [-0.25, -0.2) is 9.78 Å². The van der Waals surface area contributed by atoms with Crippen molar-refractivity contribution in [3.05, 3.63) is 29.6 Å². The van der Waals surface area contributed by atoms with Crippen molar-refractivity contribution in [1.29, 1.82) is 0 Å². The molecule has 20 heavy (non-hydrogen) atoms. The van der Waals surface area contributed by atoms with Gasteiger partial charge in [-0.15, -0.1) is 0 Å². The molecule has 0 bridgehead atoms. The molecule has 0 saturated carbocycles. The number of nitrogens with zero attached hydrogens (tertiary/aromatic N) is 2. The van der Waals surface area contributed by atoms with Crippen molar-refractivity contribution in [2.24, 2.45) is 0 Å². The summed E-state index contributed by atoms with van der Waals surface area (Å²) >= 11 is 0. The van der Waals surface area contributed by atoms with E-state index in [4.69, 9.17) is 9.84 Å². The molecule has 106 valence electrons. The van der Waals surface area contributed by atoms with Gasteiger partial charge in [-0.2, -0.15) is 0 Å². The molecule has 1 aromatic heterocycles. The zero-order valence-corrected chi connectivity index (χ0v) is 11.5. The molecule has 5 heteroatoms. The summed E-state index contributed by atoms with van der Waals surface area (Å²) in [6.45, 7) is 3.56. The zero-order chi connectivity index (χ0) is 14.1. The van der Waals surface area contributed by atoms with Gasteiger partial charge >= 0.3 is 5.97 Å². The monoisotopic (exact) mass is 274 g/mol. The third-order valence-corrected chi connectivity index (χ3v) is 3.75. The van der Waals surface area contributed by atoms with Gasteiger partial charge in [0.2, 0.25) is 0 Å². The zero-order valence-electron chi connectivity index (χ0n) is 11.5. The smallest absolute Gasteiger partial charge is 0.335 e. The largest absolute Gasteiger partial charge is 0.478 e. The molecular formula is C15H18N2O3. The van der Waals surface area contributed by atoms with Crippen LogP contribution in [0.2, 0.25) is 0 Å². The number of benzene rings is 1. The van der Waals surface area contributed by atoms with Gasteiger partial charge in [0, 0.05) is 13.0 Å². The van der Waals surface area contributed by atoms with Crippen molar-refractivity contribution in [2.75, 3.05) is 13.2 Å². The Bertz CT molecular complexity index is 642. The number of hydrogen-bond acceptors (Lipinski definition) is 3. The minimum atomic E-state index is -0.903. The van der Waals surface area contributed by atoms with Gasteiger partial charge < -0.3 is 14.4 Å². The van der Waals surface area contributed by atoms with Crippen LogP contribution in [0.4, 0.5) is 0 Å². The third kappa shape index (κ3) is 2.18. The summed E-state index contributed by atoms with van der Waals surface area (Å²) in [5, 5.41) is 9.16. The SMILES string of the molecule is CCCc1nc2ccc(C(=O)O)cc2n1C1CCOC1. The van der Waals surface area contributed by atoms with Crippen LogP contribution in [0.3, 0.4) is 0 Å². The second-order valence-corrected chi connectivity index (χ2v) is 5.17. The Balaban J connectivity index is 2.17. The van der Waals surface area contributed by atoms with E-state index in [-0.39, 0.29) is 6.04 Å². The summed E-state index contributed by atoms with van der Waals surface area (Å²) in [6.07, 6.45) is 2.87. The summed E-state index contributed by atoms with van der Waals surface area (Å²) in [4.78, 5) is 15.8. The maximum Gasteiger partial charge on any atom is 0.335 e.